The summed E-state index contributed by atoms with van der Waals surface area (Å²) in [5.74, 6) is -0.718. The van der Waals surface area contributed by atoms with Gasteiger partial charge in [0.15, 0.2) is 0 Å². The van der Waals surface area contributed by atoms with Crippen LogP contribution in [0.15, 0.2) is 35.3 Å². The predicted molar refractivity (Wildman–Crippen MR) is 110 cm³/mol. The number of halogens is 2. The summed E-state index contributed by atoms with van der Waals surface area (Å²) in [6, 6.07) is 5.43. The second kappa shape index (κ2) is 9.27. The van der Waals surface area contributed by atoms with Crippen molar-refractivity contribution in [3.05, 3.63) is 51.7 Å². The third-order valence-corrected chi connectivity index (χ3v) is 4.52. The minimum atomic E-state index is -0.591. The van der Waals surface area contributed by atoms with Crippen molar-refractivity contribution >= 4 is 23.0 Å². The standard InChI is InChI=1S/C20H22ClFN4O4/c1-12(2)23-18(28)11-25-17(13-4-5-15(22)14(21)8-13)10-26-16(20(25)29)9-19(24-26)30-7-3-6-27/h4-5,8-10,12,27H,3,6-7,11H2,1-2H3,(H,23,28). The molecule has 0 spiro atoms. The maximum absolute atomic E-state index is 13.6. The Hall–Kier alpha value is -2.91. The van der Waals surface area contributed by atoms with Crippen molar-refractivity contribution < 1.29 is 19.0 Å². The van der Waals surface area contributed by atoms with E-state index in [2.05, 4.69) is 10.4 Å². The van der Waals surface area contributed by atoms with Gasteiger partial charge in [0.05, 0.1) is 23.5 Å². The molecule has 8 nitrogen and oxygen atoms in total. The van der Waals surface area contributed by atoms with Crippen molar-refractivity contribution in [2.75, 3.05) is 13.2 Å². The van der Waals surface area contributed by atoms with Gasteiger partial charge in [0.1, 0.15) is 17.9 Å². The van der Waals surface area contributed by atoms with Crippen LogP contribution < -0.4 is 15.6 Å². The largest absolute Gasteiger partial charge is 0.476 e. The Morgan fingerprint density at radius 3 is 2.80 bits per heavy atom. The number of fused-ring (bicyclic) bond motifs is 1. The van der Waals surface area contributed by atoms with Gasteiger partial charge in [0.25, 0.3) is 5.56 Å². The molecule has 3 rings (SSSR count). The second-order valence-corrected chi connectivity index (χ2v) is 7.40. The molecule has 0 radical (unpaired) electrons. The molecule has 2 heterocycles. The molecule has 0 saturated carbocycles. The Morgan fingerprint density at radius 1 is 1.37 bits per heavy atom. The first-order chi connectivity index (χ1) is 14.3. The van der Waals surface area contributed by atoms with Crippen LogP contribution in [0.2, 0.25) is 5.02 Å². The van der Waals surface area contributed by atoms with Crippen molar-refractivity contribution in [3.8, 4) is 17.1 Å². The van der Waals surface area contributed by atoms with Crippen LogP contribution >= 0.6 is 11.6 Å². The molecule has 2 aromatic heterocycles. The fraction of sp³-hybridized carbons (Fsp3) is 0.350. The van der Waals surface area contributed by atoms with Crippen LogP contribution in [0.3, 0.4) is 0 Å². The van der Waals surface area contributed by atoms with Crippen LogP contribution in [0.4, 0.5) is 4.39 Å². The van der Waals surface area contributed by atoms with E-state index in [4.69, 9.17) is 21.4 Å². The summed E-state index contributed by atoms with van der Waals surface area (Å²) >= 11 is 5.92. The first-order valence-corrected chi connectivity index (χ1v) is 9.79. The molecule has 1 aromatic carbocycles. The maximum atomic E-state index is 13.6. The molecule has 0 aliphatic rings. The topological polar surface area (TPSA) is 97.9 Å². The summed E-state index contributed by atoms with van der Waals surface area (Å²) < 4.78 is 21.7. The molecule has 30 heavy (non-hydrogen) atoms. The van der Waals surface area contributed by atoms with Gasteiger partial charge >= 0.3 is 0 Å². The molecular formula is C20H22ClFN4O4. The minimum Gasteiger partial charge on any atom is -0.476 e. The van der Waals surface area contributed by atoms with Gasteiger partial charge in [-0.25, -0.2) is 8.91 Å². The number of benzene rings is 1. The SMILES string of the molecule is CC(C)NC(=O)Cn1c(-c2ccc(F)c(Cl)c2)cn2nc(OCCCO)cc2c1=O. The molecule has 0 aliphatic carbocycles. The number of aromatic nitrogens is 3. The molecule has 10 heteroatoms. The van der Waals surface area contributed by atoms with E-state index in [1.165, 1.54) is 33.3 Å². The Kier molecular flexibility index (Phi) is 6.73. The molecule has 0 saturated heterocycles. The number of hydrogen-bond acceptors (Lipinski definition) is 5. The van der Waals surface area contributed by atoms with E-state index < -0.39 is 11.4 Å². The number of aliphatic hydroxyl groups excluding tert-OH is 1. The van der Waals surface area contributed by atoms with Crippen LogP contribution in [0.1, 0.15) is 20.3 Å². The Balaban J connectivity index is 2.12. The summed E-state index contributed by atoms with van der Waals surface area (Å²) in [6.45, 7) is 3.62. The molecule has 1 amide bonds. The molecule has 2 N–H and O–H groups in total. The highest BCUT2D eigenvalue weighted by molar-refractivity contribution is 6.31. The van der Waals surface area contributed by atoms with E-state index in [1.807, 2.05) is 13.8 Å². The van der Waals surface area contributed by atoms with E-state index >= 15 is 0 Å². The Labute approximate surface area is 176 Å². The number of aliphatic hydroxyl groups is 1. The summed E-state index contributed by atoms with van der Waals surface area (Å²) in [4.78, 5) is 25.5. The third kappa shape index (κ3) is 4.80. The van der Waals surface area contributed by atoms with Crippen molar-refractivity contribution in [2.24, 2.45) is 0 Å². The number of amides is 1. The number of carbonyl (C=O) groups is 1. The molecule has 3 aromatic rings. The van der Waals surface area contributed by atoms with E-state index in [1.54, 1.807) is 6.20 Å². The zero-order valence-corrected chi connectivity index (χ0v) is 17.3. The average molecular weight is 437 g/mol. The Bertz CT molecular complexity index is 1130. The zero-order valence-electron chi connectivity index (χ0n) is 16.6. The number of ether oxygens (including phenoxy) is 1. The number of carbonyl (C=O) groups excluding carboxylic acids is 1. The highest BCUT2D eigenvalue weighted by Crippen LogP contribution is 2.25. The number of hydrogen-bond donors (Lipinski definition) is 2. The first kappa shape index (κ1) is 21.8. The predicted octanol–water partition coefficient (Wildman–Crippen LogP) is 2.24. The summed E-state index contributed by atoms with van der Waals surface area (Å²) in [5.41, 5.74) is 0.550. The number of rotatable bonds is 8. The summed E-state index contributed by atoms with van der Waals surface area (Å²) in [6.07, 6.45) is 1.98. The summed E-state index contributed by atoms with van der Waals surface area (Å²) in [5, 5.41) is 15.8. The molecule has 0 unspecified atom stereocenters. The fourth-order valence-electron chi connectivity index (χ4n) is 2.93. The van der Waals surface area contributed by atoms with Crippen molar-refractivity contribution in [1.29, 1.82) is 0 Å². The van der Waals surface area contributed by atoms with Gasteiger partial charge in [-0.15, -0.1) is 5.10 Å². The van der Waals surface area contributed by atoms with Crippen LogP contribution in [0, 0.1) is 5.82 Å². The number of nitrogens with one attached hydrogen (secondary N) is 1. The molecule has 0 bridgehead atoms. The molecule has 160 valence electrons. The third-order valence-electron chi connectivity index (χ3n) is 4.23. The Morgan fingerprint density at radius 2 is 2.13 bits per heavy atom. The van der Waals surface area contributed by atoms with Gasteiger partial charge < -0.3 is 15.2 Å². The van der Waals surface area contributed by atoms with Crippen molar-refractivity contribution in [1.82, 2.24) is 19.5 Å². The van der Waals surface area contributed by atoms with Crippen LogP contribution in [0.5, 0.6) is 5.88 Å². The number of nitrogens with zero attached hydrogens (tertiary/aromatic N) is 3. The van der Waals surface area contributed by atoms with Gasteiger partial charge in [-0.05, 0) is 32.0 Å². The second-order valence-electron chi connectivity index (χ2n) is 6.99. The lowest BCUT2D eigenvalue weighted by molar-refractivity contribution is -0.122. The van der Waals surface area contributed by atoms with E-state index in [-0.39, 0.29) is 48.1 Å². The molecular weight excluding hydrogens is 415 g/mol. The van der Waals surface area contributed by atoms with Gasteiger partial charge in [-0.1, -0.05) is 11.6 Å². The highest BCUT2D eigenvalue weighted by atomic mass is 35.5. The molecule has 0 atom stereocenters. The zero-order chi connectivity index (χ0) is 21.8. The average Bonchev–Trinajstić information content (AvgIpc) is 3.09. The fourth-order valence-corrected chi connectivity index (χ4v) is 3.11. The van der Waals surface area contributed by atoms with Crippen molar-refractivity contribution in [2.45, 2.75) is 32.9 Å². The van der Waals surface area contributed by atoms with Gasteiger partial charge in [0, 0.05) is 30.7 Å². The van der Waals surface area contributed by atoms with Crippen LogP contribution in [0.25, 0.3) is 16.8 Å². The molecule has 0 aliphatic heterocycles. The van der Waals surface area contributed by atoms with Crippen molar-refractivity contribution in [3.63, 3.8) is 0 Å². The van der Waals surface area contributed by atoms with Gasteiger partial charge in [0.2, 0.25) is 11.8 Å². The first-order valence-electron chi connectivity index (χ1n) is 9.42. The lowest BCUT2D eigenvalue weighted by atomic mass is 10.1. The van der Waals surface area contributed by atoms with Gasteiger partial charge in [-0.3, -0.25) is 14.2 Å². The maximum Gasteiger partial charge on any atom is 0.277 e. The smallest absolute Gasteiger partial charge is 0.277 e. The minimum absolute atomic E-state index is 0.0272. The summed E-state index contributed by atoms with van der Waals surface area (Å²) in [7, 11) is 0. The van der Waals surface area contributed by atoms with Gasteiger partial charge in [-0.2, -0.15) is 0 Å². The monoisotopic (exact) mass is 436 g/mol. The van der Waals surface area contributed by atoms with E-state index in [0.717, 1.165) is 0 Å². The van der Waals surface area contributed by atoms with Crippen LogP contribution in [-0.4, -0.2) is 44.5 Å². The quantitative estimate of drug-likeness (QED) is 0.528. The lowest BCUT2D eigenvalue weighted by Crippen LogP contribution is -2.37. The van der Waals surface area contributed by atoms with E-state index in [0.29, 0.717) is 17.7 Å². The van der Waals surface area contributed by atoms with E-state index in [9.17, 15) is 14.0 Å². The highest BCUT2D eigenvalue weighted by Gasteiger charge is 2.18. The lowest BCUT2D eigenvalue weighted by Gasteiger charge is -2.15. The normalized spacial score (nSPS) is 11.3. The molecule has 0 fully saturated rings. The van der Waals surface area contributed by atoms with Crippen LogP contribution in [-0.2, 0) is 11.3 Å².